The first-order valence-corrected chi connectivity index (χ1v) is 13.2. The molecule has 1 aliphatic rings. The summed E-state index contributed by atoms with van der Waals surface area (Å²) >= 11 is 0. The molecule has 1 aromatic heterocycles. The van der Waals surface area contributed by atoms with Gasteiger partial charge in [0.05, 0.1) is 36.6 Å². The fraction of sp³-hybridized carbons (Fsp3) is 0.118. The highest BCUT2D eigenvalue weighted by molar-refractivity contribution is 6.50. The van der Waals surface area contributed by atoms with Crippen molar-refractivity contribution in [1.29, 1.82) is 0 Å². The molecule has 1 unspecified atom stereocenters. The third-order valence-electron chi connectivity index (χ3n) is 7.55. The van der Waals surface area contributed by atoms with Crippen LogP contribution in [-0.2, 0) is 10.2 Å². The fourth-order valence-corrected chi connectivity index (χ4v) is 5.29. The summed E-state index contributed by atoms with van der Waals surface area (Å²) < 4.78 is 12.4. The number of fused-ring (bicyclic) bond motifs is 1. The van der Waals surface area contributed by atoms with Crippen LogP contribution in [0.15, 0.2) is 119 Å². The van der Waals surface area contributed by atoms with Gasteiger partial charge in [0.1, 0.15) is 23.0 Å². The normalized spacial score (nSPS) is 16.1. The van der Waals surface area contributed by atoms with E-state index in [0.29, 0.717) is 39.8 Å². The molecule has 0 radical (unpaired) electrons. The number of nitrogens with zero attached hydrogens (tertiary/aromatic N) is 3. The zero-order valence-corrected chi connectivity index (χ0v) is 22.9. The van der Waals surface area contributed by atoms with Gasteiger partial charge in [-0.15, -0.1) is 0 Å². The predicted octanol–water partition coefficient (Wildman–Crippen LogP) is 5.93. The second-order valence-electron chi connectivity index (χ2n) is 9.86. The molecule has 0 bridgehead atoms. The minimum Gasteiger partial charge on any atom is -0.497 e. The average Bonchev–Trinajstić information content (AvgIpc) is 3.03. The van der Waals surface area contributed by atoms with Crippen LogP contribution in [-0.4, -0.2) is 35.3 Å². The number of carbonyl (C=O) groups excluding carboxylic acids is 1. The summed E-state index contributed by atoms with van der Waals surface area (Å²) in [5, 5.41) is 0. The number of hydrogen-bond acceptors (Lipinski definition) is 6. The number of para-hydroxylation sites is 1. The molecule has 1 atom stereocenters. The lowest BCUT2D eigenvalue weighted by atomic mass is 9.69. The third-order valence-corrected chi connectivity index (χ3v) is 7.55. The summed E-state index contributed by atoms with van der Waals surface area (Å²) in [6, 6.07) is 31.4. The molecule has 41 heavy (non-hydrogen) atoms. The van der Waals surface area contributed by atoms with Gasteiger partial charge in [-0.1, -0.05) is 48.5 Å². The smallest absolute Gasteiger partial charge is 0.262 e. The number of Topliss-reactive ketones (excluding diaryl/α,β-unsaturated/α-hetero) is 1. The molecule has 0 saturated heterocycles. The highest BCUT2D eigenvalue weighted by Crippen LogP contribution is 2.44. The number of benzene rings is 4. The van der Waals surface area contributed by atoms with E-state index in [1.807, 2.05) is 66.7 Å². The molecule has 0 saturated carbocycles. The molecule has 1 aliphatic heterocycles. The molecule has 7 nitrogen and oxygen atoms in total. The van der Waals surface area contributed by atoms with Gasteiger partial charge in [-0.25, -0.2) is 9.98 Å². The van der Waals surface area contributed by atoms with Gasteiger partial charge in [-0.05, 0) is 67.1 Å². The maximum absolute atomic E-state index is 14.6. The minimum absolute atomic E-state index is 0.237. The van der Waals surface area contributed by atoms with Gasteiger partial charge in [0, 0.05) is 17.3 Å². The molecule has 202 valence electrons. The van der Waals surface area contributed by atoms with Crippen LogP contribution < -0.4 is 15.0 Å². The maximum Gasteiger partial charge on any atom is 0.262 e. The Kier molecular flexibility index (Phi) is 6.55. The summed E-state index contributed by atoms with van der Waals surface area (Å²) in [5.41, 5.74) is 1.95. The first kappa shape index (κ1) is 26.0. The average molecular weight is 542 g/mol. The zero-order valence-electron chi connectivity index (χ0n) is 22.9. The number of hydrogen-bond donors (Lipinski definition) is 0. The molecule has 0 spiro atoms. The lowest BCUT2D eigenvalue weighted by Crippen LogP contribution is -2.46. The highest BCUT2D eigenvalue weighted by Gasteiger charge is 2.47. The summed E-state index contributed by atoms with van der Waals surface area (Å²) in [5.74, 6) is 1.39. The van der Waals surface area contributed by atoms with Crippen molar-refractivity contribution < 1.29 is 14.3 Å². The Hall–Kier alpha value is -5.30. The summed E-state index contributed by atoms with van der Waals surface area (Å²) in [6.07, 6.45) is 1.53. The van der Waals surface area contributed by atoms with Crippen LogP contribution in [0.25, 0.3) is 17.1 Å². The van der Waals surface area contributed by atoms with Crippen molar-refractivity contribution in [2.75, 3.05) is 14.2 Å². The van der Waals surface area contributed by atoms with Crippen LogP contribution in [0.1, 0.15) is 23.6 Å². The number of ketones is 1. The molecule has 0 fully saturated rings. The van der Waals surface area contributed by atoms with E-state index in [2.05, 4.69) is 0 Å². The molecule has 7 heteroatoms. The summed E-state index contributed by atoms with van der Waals surface area (Å²) in [4.78, 5) is 38.7. The number of aromatic nitrogens is 2. The lowest BCUT2D eigenvalue weighted by molar-refractivity contribution is -0.116. The van der Waals surface area contributed by atoms with E-state index in [9.17, 15) is 9.59 Å². The van der Waals surface area contributed by atoms with Crippen LogP contribution in [0.3, 0.4) is 0 Å². The van der Waals surface area contributed by atoms with E-state index in [1.54, 1.807) is 62.1 Å². The fourth-order valence-electron chi connectivity index (χ4n) is 5.29. The van der Waals surface area contributed by atoms with Crippen LogP contribution in [0, 0.1) is 0 Å². The summed E-state index contributed by atoms with van der Waals surface area (Å²) in [7, 11) is 3.15. The van der Waals surface area contributed by atoms with E-state index in [1.165, 1.54) is 6.20 Å². The Balaban J connectivity index is 1.63. The number of carbonyl (C=O) groups is 1. The number of ether oxygens (including phenoxy) is 2. The van der Waals surface area contributed by atoms with E-state index in [0.717, 1.165) is 5.56 Å². The van der Waals surface area contributed by atoms with Gasteiger partial charge >= 0.3 is 0 Å². The molecule has 0 N–H and O–H groups in total. The number of rotatable bonds is 6. The lowest BCUT2D eigenvalue weighted by Gasteiger charge is -2.34. The van der Waals surface area contributed by atoms with Crippen molar-refractivity contribution in [1.82, 2.24) is 9.55 Å². The van der Waals surface area contributed by atoms with Gasteiger partial charge in [0.15, 0.2) is 5.78 Å². The Labute approximate surface area is 237 Å². The largest absolute Gasteiger partial charge is 0.497 e. The first-order chi connectivity index (χ1) is 20.0. The van der Waals surface area contributed by atoms with E-state index in [4.69, 9.17) is 19.5 Å². The predicted molar refractivity (Wildman–Crippen MR) is 159 cm³/mol. The second kappa shape index (κ2) is 10.4. The minimum atomic E-state index is -1.41. The summed E-state index contributed by atoms with van der Waals surface area (Å²) in [6.45, 7) is 1.77. The molecular weight excluding hydrogens is 514 g/mol. The van der Waals surface area contributed by atoms with Crippen molar-refractivity contribution >= 4 is 17.2 Å². The molecular formula is C34H27N3O4. The van der Waals surface area contributed by atoms with Gasteiger partial charge in [0.2, 0.25) is 0 Å². The second-order valence-corrected chi connectivity index (χ2v) is 9.86. The van der Waals surface area contributed by atoms with E-state index < -0.39 is 5.41 Å². The number of methoxy groups -OCH3 is 2. The highest BCUT2D eigenvalue weighted by atomic mass is 16.5. The Morgan fingerprint density at radius 3 is 2.00 bits per heavy atom. The first-order valence-electron chi connectivity index (χ1n) is 13.2. The molecule has 0 amide bonds. The van der Waals surface area contributed by atoms with Crippen molar-refractivity contribution in [2.24, 2.45) is 4.99 Å². The van der Waals surface area contributed by atoms with Crippen molar-refractivity contribution in [3.05, 3.63) is 136 Å². The standard InChI is InChI=1S/C34H27N3O4/c1-34(28-21-35-32(23-10-6-4-7-11-23)37(33(28)39)24-12-8-5-9-13-24)27-20-26(41-3)18-19-29(27)36-30(31(34)38)22-14-16-25(40-2)17-15-22/h4-21H,1-3H3. The van der Waals surface area contributed by atoms with E-state index in [-0.39, 0.29) is 22.6 Å². The van der Waals surface area contributed by atoms with E-state index >= 15 is 0 Å². The van der Waals surface area contributed by atoms with Gasteiger partial charge < -0.3 is 9.47 Å². The van der Waals surface area contributed by atoms with Gasteiger partial charge in [0.25, 0.3) is 5.56 Å². The van der Waals surface area contributed by atoms with Gasteiger partial charge in [-0.2, -0.15) is 0 Å². The van der Waals surface area contributed by atoms with Crippen LogP contribution in [0.4, 0.5) is 5.69 Å². The Bertz CT molecular complexity index is 1850. The molecule has 5 aromatic rings. The topological polar surface area (TPSA) is 82.8 Å². The number of aliphatic imine (C=N–C) groups is 1. The Morgan fingerprint density at radius 2 is 1.34 bits per heavy atom. The molecule has 2 heterocycles. The van der Waals surface area contributed by atoms with Crippen molar-refractivity contribution in [3.8, 4) is 28.6 Å². The monoisotopic (exact) mass is 541 g/mol. The quantitative estimate of drug-likeness (QED) is 0.266. The van der Waals surface area contributed by atoms with Crippen LogP contribution >= 0.6 is 0 Å². The van der Waals surface area contributed by atoms with Crippen molar-refractivity contribution in [3.63, 3.8) is 0 Å². The molecule has 0 aliphatic carbocycles. The third kappa shape index (κ3) is 4.32. The van der Waals surface area contributed by atoms with Crippen molar-refractivity contribution in [2.45, 2.75) is 12.3 Å². The molecule has 4 aromatic carbocycles. The SMILES string of the molecule is COc1ccc(C2=Nc3ccc(OC)cc3C(C)(c3cnc(-c4ccccc4)n(-c4ccccc4)c3=O)C2=O)cc1. The zero-order chi connectivity index (χ0) is 28.6. The van der Waals surface area contributed by atoms with Crippen LogP contribution in [0.2, 0.25) is 0 Å². The van der Waals surface area contributed by atoms with Gasteiger partial charge in [-0.3, -0.25) is 14.2 Å². The maximum atomic E-state index is 14.6. The van der Waals surface area contributed by atoms with Crippen LogP contribution in [0.5, 0.6) is 11.5 Å². The Morgan fingerprint density at radius 1 is 0.707 bits per heavy atom. The molecule has 6 rings (SSSR count).